The standard InChI is InChI=1S/C9H8NO/c1-6-3-4-9-8(5-6)10-7(2)11-9/h3-5H,1H2,2H3. The third-order valence-corrected chi connectivity index (χ3v) is 1.56. The van der Waals surface area contributed by atoms with Gasteiger partial charge in [0.1, 0.15) is 5.52 Å². The molecule has 1 aromatic carbocycles. The van der Waals surface area contributed by atoms with Gasteiger partial charge in [0.05, 0.1) is 0 Å². The average Bonchev–Trinajstić information content (AvgIpc) is 2.27. The molecule has 0 saturated carbocycles. The quantitative estimate of drug-likeness (QED) is 0.570. The minimum Gasteiger partial charge on any atom is -0.441 e. The molecule has 2 rings (SSSR count). The Balaban J connectivity index is 2.82. The molecule has 0 aliphatic heterocycles. The monoisotopic (exact) mass is 146 g/mol. The first kappa shape index (κ1) is 6.40. The Morgan fingerprint density at radius 2 is 2.27 bits per heavy atom. The Morgan fingerprint density at radius 1 is 1.45 bits per heavy atom. The van der Waals surface area contributed by atoms with E-state index in [0.717, 1.165) is 16.7 Å². The van der Waals surface area contributed by atoms with Crippen LogP contribution in [-0.2, 0) is 0 Å². The SMILES string of the molecule is [CH2]c1ccc2oc(C)nc2c1. The van der Waals surface area contributed by atoms with Crippen LogP contribution in [0, 0.1) is 13.8 Å². The predicted molar refractivity (Wildman–Crippen MR) is 43.2 cm³/mol. The molecule has 1 heterocycles. The van der Waals surface area contributed by atoms with Gasteiger partial charge in [-0.2, -0.15) is 0 Å². The van der Waals surface area contributed by atoms with E-state index in [1.165, 1.54) is 0 Å². The van der Waals surface area contributed by atoms with Crippen molar-refractivity contribution >= 4 is 11.1 Å². The minimum atomic E-state index is 0.700. The fourth-order valence-electron chi connectivity index (χ4n) is 1.09. The van der Waals surface area contributed by atoms with Gasteiger partial charge in [0, 0.05) is 6.92 Å². The normalized spacial score (nSPS) is 10.7. The molecule has 0 fully saturated rings. The Morgan fingerprint density at radius 3 is 3.09 bits per heavy atom. The lowest BCUT2D eigenvalue weighted by Gasteiger charge is -1.87. The summed E-state index contributed by atoms with van der Waals surface area (Å²) >= 11 is 0. The molecule has 0 N–H and O–H groups in total. The lowest BCUT2D eigenvalue weighted by molar-refractivity contribution is 0.561. The number of benzene rings is 1. The van der Waals surface area contributed by atoms with E-state index in [2.05, 4.69) is 11.9 Å². The second kappa shape index (κ2) is 2.09. The van der Waals surface area contributed by atoms with E-state index in [-0.39, 0.29) is 0 Å². The van der Waals surface area contributed by atoms with E-state index in [0.29, 0.717) is 5.89 Å². The van der Waals surface area contributed by atoms with E-state index < -0.39 is 0 Å². The van der Waals surface area contributed by atoms with Crippen molar-refractivity contribution in [1.29, 1.82) is 0 Å². The zero-order valence-electron chi connectivity index (χ0n) is 6.29. The summed E-state index contributed by atoms with van der Waals surface area (Å²) in [7, 11) is 0. The van der Waals surface area contributed by atoms with E-state index in [1.807, 2.05) is 25.1 Å². The maximum absolute atomic E-state index is 5.28. The minimum absolute atomic E-state index is 0.700. The number of hydrogen-bond acceptors (Lipinski definition) is 2. The molecule has 0 unspecified atom stereocenters. The van der Waals surface area contributed by atoms with Crippen molar-refractivity contribution in [3.63, 3.8) is 0 Å². The van der Waals surface area contributed by atoms with Gasteiger partial charge in [-0.1, -0.05) is 6.07 Å². The first-order chi connectivity index (χ1) is 5.25. The molecule has 55 valence electrons. The molecule has 0 spiro atoms. The number of hydrogen-bond donors (Lipinski definition) is 0. The Hall–Kier alpha value is -1.31. The van der Waals surface area contributed by atoms with Crippen LogP contribution in [0.3, 0.4) is 0 Å². The number of aromatic nitrogens is 1. The Kier molecular flexibility index (Phi) is 1.22. The second-order valence-electron chi connectivity index (χ2n) is 2.53. The third-order valence-electron chi connectivity index (χ3n) is 1.56. The number of nitrogens with zero attached hydrogens (tertiary/aromatic N) is 1. The van der Waals surface area contributed by atoms with Gasteiger partial charge in [0.15, 0.2) is 11.5 Å². The van der Waals surface area contributed by atoms with Crippen LogP contribution in [0.2, 0.25) is 0 Å². The highest BCUT2D eigenvalue weighted by Gasteiger charge is 1.99. The van der Waals surface area contributed by atoms with Crippen molar-refractivity contribution in [2.45, 2.75) is 6.92 Å². The summed E-state index contributed by atoms with van der Waals surface area (Å²) in [4.78, 5) is 4.17. The number of oxazole rings is 1. The highest BCUT2D eigenvalue weighted by Crippen LogP contribution is 2.15. The first-order valence-electron chi connectivity index (χ1n) is 3.45. The topological polar surface area (TPSA) is 26.0 Å². The predicted octanol–water partition coefficient (Wildman–Crippen LogP) is 2.32. The maximum atomic E-state index is 5.28. The molecule has 11 heavy (non-hydrogen) atoms. The largest absolute Gasteiger partial charge is 0.441 e. The molecule has 0 aliphatic rings. The number of rotatable bonds is 0. The van der Waals surface area contributed by atoms with E-state index >= 15 is 0 Å². The highest BCUT2D eigenvalue weighted by molar-refractivity contribution is 5.73. The highest BCUT2D eigenvalue weighted by atomic mass is 16.3. The van der Waals surface area contributed by atoms with E-state index in [4.69, 9.17) is 4.42 Å². The maximum Gasteiger partial charge on any atom is 0.192 e. The van der Waals surface area contributed by atoms with Crippen LogP contribution in [-0.4, -0.2) is 4.98 Å². The molecule has 2 aromatic rings. The van der Waals surface area contributed by atoms with Gasteiger partial charge >= 0.3 is 0 Å². The van der Waals surface area contributed by atoms with Gasteiger partial charge in [-0.25, -0.2) is 4.98 Å². The van der Waals surface area contributed by atoms with E-state index in [9.17, 15) is 0 Å². The van der Waals surface area contributed by atoms with Crippen molar-refractivity contribution < 1.29 is 4.42 Å². The van der Waals surface area contributed by atoms with E-state index in [1.54, 1.807) is 0 Å². The van der Waals surface area contributed by atoms with Crippen LogP contribution >= 0.6 is 0 Å². The Bertz CT molecular complexity index is 389. The molecule has 0 amide bonds. The fraction of sp³-hybridized carbons (Fsp3) is 0.111. The van der Waals surface area contributed by atoms with Crippen molar-refractivity contribution in [2.24, 2.45) is 0 Å². The summed E-state index contributed by atoms with van der Waals surface area (Å²) in [5.74, 6) is 0.700. The summed E-state index contributed by atoms with van der Waals surface area (Å²) in [6.07, 6.45) is 0. The van der Waals surface area contributed by atoms with Gasteiger partial charge in [-0.15, -0.1) is 0 Å². The lowest BCUT2D eigenvalue weighted by atomic mass is 10.2. The van der Waals surface area contributed by atoms with Crippen LogP contribution in [0.5, 0.6) is 0 Å². The fourth-order valence-corrected chi connectivity index (χ4v) is 1.09. The van der Waals surface area contributed by atoms with Gasteiger partial charge in [-0.05, 0) is 24.6 Å². The summed E-state index contributed by atoms with van der Waals surface area (Å²) in [6.45, 7) is 5.63. The van der Waals surface area contributed by atoms with Gasteiger partial charge in [0.2, 0.25) is 0 Å². The molecule has 1 aromatic heterocycles. The smallest absolute Gasteiger partial charge is 0.192 e. The first-order valence-corrected chi connectivity index (χ1v) is 3.45. The number of aryl methyl sites for hydroxylation is 1. The molecule has 0 saturated heterocycles. The summed E-state index contributed by atoms with van der Waals surface area (Å²) in [5.41, 5.74) is 2.68. The van der Waals surface area contributed by atoms with Crippen LogP contribution in [0.1, 0.15) is 11.5 Å². The van der Waals surface area contributed by atoms with Crippen molar-refractivity contribution in [3.8, 4) is 0 Å². The lowest BCUT2D eigenvalue weighted by Crippen LogP contribution is -1.71. The zero-order valence-corrected chi connectivity index (χ0v) is 6.29. The Labute approximate surface area is 64.9 Å². The van der Waals surface area contributed by atoms with Gasteiger partial charge in [-0.3, -0.25) is 0 Å². The summed E-state index contributed by atoms with van der Waals surface area (Å²) in [6, 6.07) is 5.70. The second-order valence-corrected chi connectivity index (χ2v) is 2.53. The zero-order chi connectivity index (χ0) is 7.84. The molecule has 0 atom stereocenters. The molecule has 1 radical (unpaired) electrons. The summed E-state index contributed by atoms with van der Waals surface area (Å²) < 4.78 is 5.28. The third kappa shape index (κ3) is 1.00. The molecular weight excluding hydrogens is 138 g/mol. The van der Waals surface area contributed by atoms with Crippen molar-refractivity contribution in [2.75, 3.05) is 0 Å². The molecular formula is C9H8NO. The van der Waals surface area contributed by atoms with Crippen LogP contribution in [0.25, 0.3) is 11.1 Å². The average molecular weight is 146 g/mol. The number of fused-ring (bicyclic) bond motifs is 1. The molecule has 2 heteroatoms. The van der Waals surface area contributed by atoms with Crippen LogP contribution < -0.4 is 0 Å². The van der Waals surface area contributed by atoms with Crippen LogP contribution in [0.4, 0.5) is 0 Å². The van der Waals surface area contributed by atoms with Crippen molar-refractivity contribution in [1.82, 2.24) is 4.98 Å². The molecule has 0 bridgehead atoms. The van der Waals surface area contributed by atoms with Gasteiger partial charge < -0.3 is 4.42 Å². The van der Waals surface area contributed by atoms with Crippen LogP contribution in [0.15, 0.2) is 22.6 Å². The summed E-state index contributed by atoms with van der Waals surface area (Å²) in [5, 5.41) is 0. The van der Waals surface area contributed by atoms with Gasteiger partial charge in [0.25, 0.3) is 0 Å². The van der Waals surface area contributed by atoms with Crippen molar-refractivity contribution in [3.05, 3.63) is 36.6 Å². The molecule has 2 nitrogen and oxygen atoms in total. The molecule has 0 aliphatic carbocycles.